The fraction of sp³-hybridized carbons (Fsp3) is 0.200. The molecule has 0 heterocycles. The van der Waals surface area contributed by atoms with E-state index in [9.17, 15) is 4.79 Å². The highest BCUT2D eigenvalue weighted by Gasteiger charge is 1.87. The van der Waals surface area contributed by atoms with Crippen LogP contribution in [0.25, 0.3) is 0 Å². The number of carbonyl (C=O) groups excluding carboxylic acids is 1. The molecule has 1 amide bonds. The second-order valence-corrected chi connectivity index (χ2v) is 2.52. The van der Waals surface area contributed by atoms with Crippen molar-refractivity contribution < 1.29 is 4.79 Å². The van der Waals surface area contributed by atoms with E-state index in [4.69, 9.17) is 0 Å². The van der Waals surface area contributed by atoms with Crippen molar-refractivity contribution >= 4 is 12.1 Å². The van der Waals surface area contributed by atoms with E-state index in [0.717, 1.165) is 6.42 Å². The van der Waals surface area contributed by atoms with Crippen LogP contribution in [0.5, 0.6) is 0 Å². The second-order valence-electron chi connectivity index (χ2n) is 2.52. The molecule has 0 atom stereocenters. The van der Waals surface area contributed by atoms with Crippen LogP contribution in [0.2, 0.25) is 0 Å². The molecule has 0 aliphatic carbocycles. The third-order valence-corrected chi connectivity index (χ3v) is 1.44. The lowest BCUT2D eigenvalue weighted by molar-refractivity contribution is -0.115. The van der Waals surface area contributed by atoms with Gasteiger partial charge in [-0.05, 0) is 5.56 Å². The molecule has 0 saturated carbocycles. The lowest BCUT2D eigenvalue weighted by atomic mass is 10.2. The van der Waals surface area contributed by atoms with Crippen LogP contribution in [0.3, 0.4) is 0 Å². The summed E-state index contributed by atoms with van der Waals surface area (Å²) in [5.41, 5.74) is 1.17. The van der Waals surface area contributed by atoms with E-state index in [1.807, 2.05) is 30.3 Å². The first-order chi connectivity index (χ1) is 5.79. The Kier molecular flexibility index (Phi) is 3.20. The highest BCUT2D eigenvalue weighted by molar-refractivity contribution is 5.83. The molecule has 2 heteroatoms. The number of hydrogen-bond acceptors (Lipinski definition) is 1. The Morgan fingerprint density at radius 1 is 1.42 bits per heavy atom. The van der Waals surface area contributed by atoms with Gasteiger partial charge < -0.3 is 0 Å². The molecular formula is C10H11NO. The smallest absolute Gasteiger partial charge is 0.242 e. The molecule has 0 N–H and O–H groups in total. The lowest BCUT2D eigenvalue weighted by Crippen LogP contribution is -1.88. The summed E-state index contributed by atoms with van der Waals surface area (Å²) in [5.74, 6) is -0.147. The van der Waals surface area contributed by atoms with Gasteiger partial charge >= 0.3 is 0 Å². The zero-order valence-corrected chi connectivity index (χ0v) is 7.03. The Labute approximate surface area is 71.9 Å². The molecule has 0 aliphatic heterocycles. The van der Waals surface area contributed by atoms with Crippen LogP contribution in [0.1, 0.15) is 12.5 Å². The zero-order valence-electron chi connectivity index (χ0n) is 7.03. The molecule has 0 radical (unpaired) electrons. The van der Waals surface area contributed by atoms with Gasteiger partial charge in [-0.2, -0.15) is 0 Å². The Bertz CT molecular complexity index is 277. The number of nitrogens with zero attached hydrogens (tertiary/aromatic N) is 1. The SMILES string of the molecule is CC(=O)N=CCc1ccccc1. The number of aliphatic imine (C=N–C) groups is 1. The summed E-state index contributed by atoms with van der Waals surface area (Å²) in [6.45, 7) is 1.45. The molecule has 0 bridgehead atoms. The number of carbonyl (C=O) groups is 1. The summed E-state index contributed by atoms with van der Waals surface area (Å²) in [6.07, 6.45) is 2.36. The maximum Gasteiger partial charge on any atom is 0.242 e. The molecule has 0 aliphatic rings. The molecule has 0 spiro atoms. The highest BCUT2D eigenvalue weighted by atomic mass is 16.1. The van der Waals surface area contributed by atoms with Gasteiger partial charge in [-0.3, -0.25) is 4.79 Å². The van der Waals surface area contributed by atoms with Crippen molar-refractivity contribution in [1.82, 2.24) is 0 Å². The van der Waals surface area contributed by atoms with Gasteiger partial charge in [0, 0.05) is 19.6 Å². The van der Waals surface area contributed by atoms with Gasteiger partial charge in [-0.1, -0.05) is 30.3 Å². The van der Waals surface area contributed by atoms with Crippen molar-refractivity contribution in [3.63, 3.8) is 0 Å². The van der Waals surface area contributed by atoms with E-state index in [0.29, 0.717) is 0 Å². The first-order valence-electron chi connectivity index (χ1n) is 3.86. The Morgan fingerprint density at radius 3 is 2.67 bits per heavy atom. The van der Waals surface area contributed by atoms with Gasteiger partial charge in [0.25, 0.3) is 0 Å². The average Bonchev–Trinajstić information content (AvgIpc) is 2.05. The molecule has 0 saturated heterocycles. The molecule has 0 aromatic heterocycles. The minimum Gasteiger partial charge on any atom is -0.273 e. The maximum absolute atomic E-state index is 10.4. The third kappa shape index (κ3) is 3.10. The minimum absolute atomic E-state index is 0.147. The molecule has 1 aromatic rings. The fourth-order valence-electron chi connectivity index (χ4n) is 0.894. The topological polar surface area (TPSA) is 29.4 Å². The van der Waals surface area contributed by atoms with E-state index < -0.39 is 0 Å². The van der Waals surface area contributed by atoms with Gasteiger partial charge in [0.15, 0.2) is 0 Å². The number of rotatable bonds is 2. The first-order valence-corrected chi connectivity index (χ1v) is 3.86. The van der Waals surface area contributed by atoms with Crippen LogP contribution in [-0.4, -0.2) is 12.1 Å². The number of benzene rings is 1. The van der Waals surface area contributed by atoms with Gasteiger partial charge in [0.2, 0.25) is 5.91 Å². The normalized spacial score (nSPS) is 10.4. The molecule has 62 valence electrons. The van der Waals surface area contributed by atoms with E-state index >= 15 is 0 Å². The van der Waals surface area contributed by atoms with E-state index in [-0.39, 0.29) is 5.91 Å². The predicted molar refractivity (Wildman–Crippen MR) is 49.3 cm³/mol. The monoisotopic (exact) mass is 161 g/mol. The van der Waals surface area contributed by atoms with Gasteiger partial charge in [-0.25, -0.2) is 4.99 Å². The highest BCUT2D eigenvalue weighted by Crippen LogP contribution is 1.97. The molecule has 0 fully saturated rings. The first kappa shape index (κ1) is 8.65. The third-order valence-electron chi connectivity index (χ3n) is 1.44. The summed E-state index contributed by atoms with van der Waals surface area (Å²) in [7, 11) is 0. The summed E-state index contributed by atoms with van der Waals surface area (Å²) in [4.78, 5) is 14.1. The van der Waals surface area contributed by atoms with Crippen molar-refractivity contribution in [2.45, 2.75) is 13.3 Å². The summed E-state index contributed by atoms with van der Waals surface area (Å²) in [5, 5.41) is 0. The number of hydrogen-bond donors (Lipinski definition) is 0. The van der Waals surface area contributed by atoms with Crippen LogP contribution >= 0.6 is 0 Å². The summed E-state index contributed by atoms with van der Waals surface area (Å²) < 4.78 is 0. The van der Waals surface area contributed by atoms with E-state index in [1.165, 1.54) is 12.5 Å². The lowest BCUT2D eigenvalue weighted by Gasteiger charge is -1.92. The van der Waals surface area contributed by atoms with Crippen molar-refractivity contribution in [3.05, 3.63) is 35.9 Å². The molecule has 2 nitrogen and oxygen atoms in total. The van der Waals surface area contributed by atoms with Crippen molar-refractivity contribution in [2.75, 3.05) is 0 Å². The van der Waals surface area contributed by atoms with Crippen LogP contribution < -0.4 is 0 Å². The van der Waals surface area contributed by atoms with Crippen LogP contribution in [0, 0.1) is 0 Å². The largest absolute Gasteiger partial charge is 0.273 e. The number of amides is 1. The Balaban J connectivity index is 2.49. The van der Waals surface area contributed by atoms with Crippen molar-refractivity contribution in [1.29, 1.82) is 0 Å². The average molecular weight is 161 g/mol. The molecule has 12 heavy (non-hydrogen) atoms. The zero-order chi connectivity index (χ0) is 8.81. The van der Waals surface area contributed by atoms with Gasteiger partial charge in [0.05, 0.1) is 0 Å². The molecule has 1 rings (SSSR count). The molecule has 0 unspecified atom stereocenters. The Hall–Kier alpha value is -1.44. The van der Waals surface area contributed by atoms with Crippen LogP contribution in [0.4, 0.5) is 0 Å². The van der Waals surface area contributed by atoms with Crippen molar-refractivity contribution in [3.8, 4) is 0 Å². The minimum atomic E-state index is -0.147. The predicted octanol–water partition coefficient (Wildman–Crippen LogP) is 1.85. The summed E-state index contributed by atoms with van der Waals surface area (Å²) in [6, 6.07) is 9.91. The van der Waals surface area contributed by atoms with Crippen molar-refractivity contribution in [2.24, 2.45) is 4.99 Å². The second kappa shape index (κ2) is 4.44. The van der Waals surface area contributed by atoms with Gasteiger partial charge in [-0.15, -0.1) is 0 Å². The maximum atomic E-state index is 10.4. The standard InChI is InChI=1S/C10H11NO/c1-9(12)11-8-7-10-5-3-2-4-6-10/h2-6,8H,7H2,1H3. The Morgan fingerprint density at radius 2 is 2.08 bits per heavy atom. The molecule has 1 aromatic carbocycles. The van der Waals surface area contributed by atoms with Crippen LogP contribution in [0.15, 0.2) is 35.3 Å². The van der Waals surface area contributed by atoms with Gasteiger partial charge in [0.1, 0.15) is 0 Å². The summed E-state index contributed by atoms with van der Waals surface area (Å²) >= 11 is 0. The quantitative estimate of drug-likeness (QED) is 0.608. The van der Waals surface area contributed by atoms with E-state index in [2.05, 4.69) is 4.99 Å². The van der Waals surface area contributed by atoms with Crippen LogP contribution in [-0.2, 0) is 11.2 Å². The van der Waals surface area contributed by atoms with E-state index in [1.54, 1.807) is 6.21 Å². The fourth-order valence-corrected chi connectivity index (χ4v) is 0.894. The molecular weight excluding hydrogens is 150 g/mol.